The minimum atomic E-state index is 0. The largest absolute Gasteiger partial charge is 0.501 e. The first-order valence-corrected chi connectivity index (χ1v) is 2.66. The van der Waals surface area contributed by atoms with Gasteiger partial charge in [0.2, 0.25) is 0 Å². The van der Waals surface area contributed by atoms with Gasteiger partial charge in [0.05, 0.1) is 12.9 Å². The van der Waals surface area contributed by atoms with Gasteiger partial charge in [-0.15, -0.1) is 6.58 Å². The van der Waals surface area contributed by atoms with Crippen LogP contribution in [0, 0.1) is 5.92 Å². The molecule has 0 N–H and O–H groups in total. The molecule has 0 aliphatic carbocycles. The van der Waals surface area contributed by atoms with Crippen molar-refractivity contribution < 1.29 is 4.74 Å². The number of ether oxygens (including phenoxy) is 1. The summed E-state index contributed by atoms with van der Waals surface area (Å²) in [7, 11) is 0. The molecule has 0 radical (unpaired) electrons. The fourth-order valence-electron chi connectivity index (χ4n) is 0.288. The van der Waals surface area contributed by atoms with Gasteiger partial charge in [-0.25, -0.2) is 0 Å². The van der Waals surface area contributed by atoms with Gasteiger partial charge in [-0.2, -0.15) is 0 Å². The highest BCUT2D eigenvalue weighted by atomic mass is 16.5. The van der Waals surface area contributed by atoms with Crippen molar-refractivity contribution in [3.63, 3.8) is 0 Å². The van der Waals surface area contributed by atoms with Crippen LogP contribution in [0.1, 0.15) is 14.4 Å². The van der Waals surface area contributed by atoms with Crippen molar-refractivity contribution in [1.29, 1.82) is 0 Å². The maximum atomic E-state index is 4.88. The lowest BCUT2D eigenvalue weighted by Gasteiger charge is -2.02. The van der Waals surface area contributed by atoms with Crippen molar-refractivity contribution in [2.75, 3.05) is 6.61 Å². The summed E-state index contributed by atoms with van der Waals surface area (Å²) in [4.78, 5) is 0. The highest BCUT2D eigenvalue weighted by Crippen LogP contribution is 1.94. The predicted octanol–water partition coefficient (Wildman–Crippen LogP) is 2.60. The van der Waals surface area contributed by atoms with Crippen LogP contribution in [0.3, 0.4) is 0 Å². The Hall–Kier alpha value is -0.720. The lowest BCUT2D eigenvalue weighted by Crippen LogP contribution is -1.97. The highest BCUT2D eigenvalue weighted by molar-refractivity contribution is 4.74. The minimum Gasteiger partial charge on any atom is -0.501 e. The summed E-state index contributed by atoms with van der Waals surface area (Å²) in [5.41, 5.74) is 0. The molecule has 0 aliphatic rings. The predicted molar refractivity (Wildman–Crippen MR) is 42.2 cm³/mol. The zero-order valence-electron chi connectivity index (χ0n) is 5.26. The Morgan fingerprint density at radius 2 is 2.11 bits per heavy atom. The molecule has 0 saturated carbocycles. The fraction of sp³-hybridized carbons (Fsp3) is 0.500. The third-order valence-electron chi connectivity index (χ3n) is 0.879. The first kappa shape index (κ1) is 11.1. The average molecular weight is 128 g/mol. The van der Waals surface area contributed by atoms with Crippen molar-refractivity contribution in [3.05, 3.63) is 25.5 Å². The normalized spacial score (nSPS) is 10.8. The molecule has 0 fully saturated rings. The van der Waals surface area contributed by atoms with Crippen LogP contribution >= 0.6 is 0 Å². The Balaban J connectivity index is 0. The maximum absolute atomic E-state index is 4.88. The van der Waals surface area contributed by atoms with Crippen molar-refractivity contribution >= 4 is 0 Å². The number of hydrogen-bond donors (Lipinski definition) is 0. The molecule has 0 amide bonds. The van der Waals surface area contributed by atoms with E-state index in [1.807, 2.05) is 13.0 Å². The molecule has 0 bridgehead atoms. The quantitative estimate of drug-likeness (QED) is 0.417. The molecule has 0 saturated heterocycles. The van der Waals surface area contributed by atoms with Gasteiger partial charge in [-0.05, 0) is 0 Å². The van der Waals surface area contributed by atoms with Crippen molar-refractivity contribution in [2.24, 2.45) is 5.92 Å². The smallest absolute Gasteiger partial charge is 0.0932 e. The molecule has 54 valence electrons. The zero-order chi connectivity index (χ0) is 6.41. The highest BCUT2D eigenvalue weighted by Gasteiger charge is 1.90. The Kier molecular flexibility index (Phi) is 9.00. The van der Waals surface area contributed by atoms with Crippen LogP contribution in [0.5, 0.6) is 0 Å². The summed E-state index contributed by atoms with van der Waals surface area (Å²) in [6.07, 6.45) is 3.30. The summed E-state index contributed by atoms with van der Waals surface area (Å²) in [6.45, 7) is 9.74. The molecule has 1 nitrogen and oxygen atoms in total. The molecule has 1 unspecified atom stereocenters. The van der Waals surface area contributed by atoms with Crippen LogP contribution < -0.4 is 0 Å². The summed E-state index contributed by atoms with van der Waals surface area (Å²) in [5, 5.41) is 0. The van der Waals surface area contributed by atoms with Gasteiger partial charge in [0.1, 0.15) is 0 Å². The van der Waals surface area contributed by atoms with E-state index in [4.69, 9.17) is 4.74 Å². The molecule has 0 aromatic carbocycles. The molecule has 0 heterocycles. The summed E-state index contributed by atoms with van der Waals surface area (Å²) < 4.78 is 4.88. The average Bonchev–Trinajstić information content (AvgIpc) is 1.83. The topological polar surface area (TPSA) is 9.23 Å². The van der Waals surface area contributed by atoms with Gasteiger partial charge in [0.15, 0.2) is 0 Å². The molecule has 0 rings (SSSR count). The molecule has 1 atom stereocenters. The van der Waals surface area contributed by atoms with E-state index >= 15 is 0 Å². The maximum Gasteiger partial charge on any atom is 0.0932 e. The minimum absolute atomic E-state index is 0. The van der Waals surface area contributed by atoms with Crippen molar-refractivity contribution in [2.45, 2.75) is 14.4 Å². The Labute approximate surface area is 58.0 Å². The van der Waals surface area contributed by atoms with Crippen LogP contribution in [0.25, 0.3) is 0 Å². The molecular formula is C8H16O. The van der Waals surface area contributed by atoms with Gasteiger partial charge in [0, 0.05) is 5.92 Å². The molecular weight excluding hydrogens is 112 g/mol. The third-order valence-corrected chi connectivity index (χ3v) is 0.879. The van der Waals surface area contributed by atoms with E-state index in [0.717, 1.165) is 0 Å². The van der Waals surface area contributed by atoms with Crippen molar-refractivity contribution in [3.8, 4) is 0 Å². The SMILES string of the molecule is C.C=COCC(C)C=C. The standard InChI is InChI=1S/C7H12O.CH4/c1-4-7(3)6-8-5-2;/h4-5,7H,1-2,6H2,3H3;1H4. The zero-order valence-corrected chi connectivity index (χ0v) is 5.26. The van der Waals surface area contributed by atoms with E-state index < -0.39 is 0 Å². The van der Waals surface area contributed by atoms with Gasteiger partial charge >= 0.3 is 0 Å². The van der Waals surface area contributed by atoms with Crippen LogP contribution in [-0.4, -0.2) is 6.61 Å². The Morgan fingerprint density at radius 1 is 1.56 bits per heavy atom. The van der Waals surface area contributed by atoms with Gasteiger partial charge in [-0.3, -0.25) is 0 Å². The lowest BCUT2D eigenvalue weighted by molar-refractivity contribution is 0.224. The summed E-state index contributed by atoms with van der Waals surface area (Å²) in [5.74, 6) is 0.424. The fourth-order valence-corrected chi connectivity index (χ4v) is 0.288. The third kappa shape index (κ3) is 7.28. The molecule has 0 aliphatic heterocycles. The second kappa shape index (κ2) is 7.28. The Bertz CT molecular complexity index is 76.6. The van der Waals surface area contributed by atoms with Crippen LogP contribution in [0.4, 0.5) is 0 Å². The molecule has 0 aromatic heterocycles. The summed E-state index contributed by atoms with van der Waals surface area (Å²) in [6, 6.07) is 0. The van der Waals surface area contributed by atoms with E-state index in [1.54, 1.807) is 0 Å². The molecule has 1 heteroatoms. The Morgan fingerprint density at radius 3 is 2.44 bits per heavy atom. The number of rotatable bonds is 4. The second-order valence-corrected chi connectivity index (χ2v) is 1.71. The van der Waals surface area contributed by atoms with Crippen LogP contribution in [-0.2, 0) is 4.74 Å². The van der Waals surface area contributed by atoms with E-state index in [2.05, 4.69) is 13.2 Å². The van der Waals surface area contributed by atoms with Gasteiger partial charge < -0.3 is 4.74 Å². The van der Waals surface area contributed by atoms with Crippen LogP contribution in [0.2, 0.25) is 0 Å². The van der Waals surface area contributed by atoms with E-state index in [9.17, 15) is 0 Å². The van der Waals surface area contributed by atoms with Gasteiger partial charge in [0.25, 0.3) is 0 Å². The first-order valence-electron chi connectivity index (χ1n) is 2.66. The van der Waals surface area contributed by atoms with E-state index in [-0.39, 0.29) is 7.43 Å². The number of hydrogen-bond acceptors (Lipinski definition) is 1. The molecule has 0 spiro atoms. The lowest BCUT2D eigenvalue weighted by atomic mass is 10.2. The second-order valence-electron chi connectivity index (χ2n) is 1.71. The molecule has 0 aromatic rings. The summed E-state index contributed by atoms with van der Waals surface area (Å²) >= 11 is 0. The molecule has 9 heavy (non-hydrogen) atoms. The monoisotopic (exact) mass is 128 g/mol. The van der Waals surface area contributed by atoms with E-state index in [1.165, 1.54) is 6.26 Å². The van der Waals surface area contributed by atoms with Crippen LogP contribution in [0.15, 0.2) is 25.5 Å². The van der Waals surface area contributed by atoms with Crippen molar-refractivity contribution in [1.82, 2.24) is 0 Å². The van der Waals surface area contributed by atoms with E-state index in [0.29, 0.717) is 12.5 Å². The first-order chi connectivity index (χ1) is 3.81. The van der Waals surface area contributed by atoms with Gasteiger partial charge in [-0.1, -0.05) is 27.0 Å².